The van der Waals surface area contributed by atoms with E-state index < -0.39 is 0 Å². The lowest BCUT2D eigenvalue weighted by Gasteiger charge is -2.26. The average molecular weight is 432 g/mol. The van der Waals surface area contributed by atoms with Gasteiger partial charge in [-0.1, -0.05) is 6.92 Å². The fourth-order valence-corrected chi connectivity index (χ4v) is 3.68. The third-order valence-electron chi connectivity index (χ3n) is 5.38. The summed E-state index contributed by atoms with van der Waals surface area (Å²) in [5.41, 5.74) is 2.26. The van der Waals surface area contributed by atoms with Crippen LogP contribution in [0.25, 0.3) is 0 Å². The van der Waals surface area contributed by atoms with E-state index in [9.17, 15) is 0 Å². The van der Waals surface area contributed by atoms with Crippen molar-refractivity contribution in [1.82, 2.24) is 40.1 Å². The molecule has 3 heterocycles. The topological polar surface area (TPSA) is 97.4 Å². The predicted molar refractivity (Wildman–Crippen MR) is 121 cm³/mol. The number of guanidine groups is 1. The summed E-state index contributed by atoms with van der Waals surface area (Å²) in [7, 11) is 0. The second kappa shape index (κ2) is 12.4. The molecule has 0 aromatic carbocycles. The van der Waals surface area contributed by atoms with E-state index in [1.807, 2.05) is 6.92 Å². The molecule has 0 radical (unpaired) electrons. The van der Waals surface area contributed by atoms with E-state index in [-0.39, 0.29) is 0 Å². The largest absolute Gasteiger partial charge is 0.379 e. The Morgan fingerprint density at radius 2 is 1.90 bits per heavy atom. The number of aliphatic imine (C=N–C) groups is 1. The number of hydrogen-bond donors (Lipinski definition) is 2. The first kappa shape index (κ1) is 23.2. The lowest BCUT2D eigenvalue weighted by atomic mass is 10.4. The van der Waals surface area contributed by atoms with Crippen LogP contribution in [0.3, 0.4) is 0 Å². The van der Waals surface area contributed by atoms with Crippen LogP contribution in [0.15, 0.2) is 17.4 Å². The van der Waals surface area contributed by atoms with Gasteiger partial charge in [-0.05, 0) is 26.3 Å². The quantitative estimate of drug-likeness (QED) is 0.306. The van der Waals surface area contributed by atoms with Crippen LogP contribution in [-0.4, -0.2) is 87.9 Å². The van der Waals surface area contributed by atoms with Gasteiger partial charge in [0.2, 0.25) is 0 Å². The van der Waals surface area contributed by atoms with Gasteiger partial charge >= 0.3 is 0 Å². The molecule has 1 aliphatic rings. The number of rotatable bonds is 11. The molecule has 10 nitrogen and oxygen atoms in total. The molecule has 0 spiro atoms. The second-order valence-corrected chi connectivity index (χ2v) is 7.84. The molecule has 3 rings (SSSR count). The lowest BCUT2D eigenvalue weighted by molar-refractivity contribution is 0.0389. The minimum Gasteiger partial charge on any atom is -0.379 e. The Bertz CT molecular complexity index is 808. The molecule has 2 aromatic heterocycles. The molecular formula is C21H37N9O. The van der Waals surface area contributed by atoms with Crippen LogP contribution in [0.1, 0.15) is 30.6 Å². The van der Waals surface area contributed by atoms with Crippen LogP contribution >= 0.6 is 0 Å². The van der Waals surface area contributed by atoms with Gasteiger partial charge in [0.1, 0.15) is 12.2 Å². The van der Waals surface area contributed by atoms with E-state index in [0.29, 0.717) is 0 Å². The molecule has 1 saturated heterocycles. The van der Waals surface area contributed by atoms with Crippen LogP contribution in [0.4, 0.5) is 0 Å². The van der Waals surface area contributed by atoms with Crippen molar-refractivity contribution >= 4 is 5.96 Å². The number of ether oxygens (including phenoxy) is 1. The summed E-state index contributed by atoms with van der Waals surface area (Å²) < 4.78 is 9.57. The van der Waals surface area contributed by atoms with Crippen LogP contribution in [0.5, 0.6) is 0 Å². The Balaban J connectivity index is 1.46. The number of hydrogen-bond acceptors (Lipinski definition) is 6. The van der Waals surface area contributed by atoms with Gasteiger partial charge in [-0.15, -0.1) is 10.2 Å². The maximum absolute atomic E-state index is 5.43. The zero-order chi connectivity index (χ0) is 21.9. The van der Waals surface area contributed by atoms with Crippen LogP contribution in [0, 0.1) is 13.8 Å². The number of morpholine rings is 1. The van der Waals surface area contributed by atoms with Gasteiger partial charge in [-0.3, -0.25) is 14.6 Å². The van der Waals surface area contributed by atoms with Gasteiger partial charge in [-0.2, -0.15) is 5.10 Å². The number of nitrogens with one attached hydrogen (secondary N) is 2. The predicted octanol–water partition coefficient (Wildman–Crippen LogP) is 0.612. The molecule has 2 N–H and O–H groups in total. The highest BCUT2D eigenvalue weighted by Gasteiger charge is 2.10. The molecule has 2 aromatic rings. The third kappa shape index (κ3) is 7.62. The summed E-state index contributed by atoms with van der Waals surface area (Å²) in [6.07, 6.45) is 3.62. The first-order valence-corrected chi connectivity index (χ1v) is 11.4. The van der Waals surface area contributed by atoms with E-state index in [1.54, 1.807) is 6.33 Å². The Hall–Kier alpha value is -2.46. The summed E-state index contributed by atoms with van der Waals surface area (Å²) >= 11 is 0. The molecule has 31 heavy (non-hydrogen) atoms. The van der Waals surface area contributed by atoms with Gasteiger partial charge in [0, 0.05) is 64.5 Å². The highest BCUT2D eigenvalue weighted by Crippen LogP contribution is 2.02. The second-order valence-electron chi connectivity index (χ2n) is 7.84. The Labute approximate surface area is 185 Å². The summed E-state index contributed by atoms with van der Waals surface area (Å²) in [5, 5.41) is 19.6. The first-order valence-electron chi connectivity index (χ1n) is 11.4. The average Bonchev–Trinajstić information content (AvgIpc) is 3.36. The van der Waals surface area contributed by atoms with Crippen molar-refractivity contribution in [3.8, 4) is 0 Å². The van der Waals surface area contributed by atoms with Crippen molar-refractivity contribution in [2.75, 3.05) is 52.5 Å². The molecule has 0 amide bonds. The summed E-state index contributed by atoms with van der Waals surface area (Å²) in [6, 6.07) is 2.11. The van der Waals surface area contributed by atoms with E-state index >= 15 is 0 Å². The van der Waals surface area contributed by atoms with Crippen molar-refractivity contribution in [2.24, 2.45) is 4.99 Å². The van der Waals surface area contributed by atoms with Crippen molar-refractivity contribution in [2.45, 2.75) is 46.7 Å². The van der Waals surface area contributed by atoms with Gasteiger partial charge in [0.25, 0.3) is 0 Å². The summed E-state index contributed by atoms with van der Waals surface area (Å²) in [5.74, 6) is 1.86. The number of nitrogens with zero attached hydrogens (tertiary/aromatic N) is 7. The number of aromatic nitrogens is 5. The SMILES string of the molecule is CCc1nncn1CCNC(=NCCCn1nc(C)cc1C)NCCN1CCOCC1. The molecular weight excluding hydrogens is 394 g/mol. The van der Waals surface area contributed by atoms with Gasteiger partial charge in [-0.25, -0.2) is 0 Å². The zero-order valence-corrected chi connectivity index (χ0v) is 19.2. The highest BCUT2D eigenvalue weighted by atomic mass is 16.5. The zero-order valence-electron chi connectivity index (χ0n) is 19.2. The summed E-state index contributed by atoms with van der Waals surface area (Å²) in [4.78, 5) is 7.21. The van der Waals surface area contributed by atoms with E-state index in [4.69, 9.17) is 9.73 Å². The molecule has 0 bridgehead atoms. The van der Waals surface area contributed by atoms with Gasteiger partial charge < -0.3 is 19.9 Å². The molecule has 1 fully saturated rings. The van der Waals surface area contributed by atoms with E-state index in [1.165, 1.54) is 5.69 Å². The molecule has 0 saturated carbocycles. The van der Waals surface area contributed by atoms with Crippen molar-refractivity contribution in [3.63, 3.8) is 0 Å². The molecule has 1 aliphatic heterocycles. The lowest BCUT2D eigenvalue weighted by Crippen LogP contribution is -2.45. The molecule has 0 atom stereocenters. The Kier molecular flexibility index (Phi) is 9.29. The van der Waals surface area contributed by atoms with Crippen LogP contribution < -0.4 is 10.6 Å². The third-order valence-corrected chi connectivity index (χ3v) is 5.38. The van der Waals surface area contributed by atoms with Crippen molar-refractivity contribution in [3.05, 3.63) is 29.6 Å². The monoisotopic (exact) mass is 431 g/mol. The van der Waals surface area contributed by atoms with Crippen LogP contribution in [-0.2, 0) is 24.2 Å². The van der Waals surface area contributed by atoms with E-state index in [0.717, 1.165) is 95.9 Å². The van der Waals surface area contributed by atoms with Gasteiger partial charge in [0.05, 0.1) is 18.9 Å². The van der Waals surface area contributed by atoms with E-state index in [2.05, 4.69) is 60.0 Å². The van der Waals surface area contributed by atoms with Gasteiger partial charge in [0.15, 0.2) is 5.96 Å². The standard InChI is InChI=1S/C21H37N9O/c1-4-20-26-25-17-29(20)11-8-24-21(23-7-10-28-12-14-31-15-13-28)22-6-5-9-30-19(3)16-18(2)27-30/h16-17H,4-15H2,1-3H3,(H2,22,23,24). The summed E-state index contributed by atoms with van der Waals surface area (Å²) in [6.45, 7) is 14.9. The fraction of sp³-hybridized carbons (Fsp3) is 0.714. The number of aryl methyl sites for hydroxylation is 4. The fourth-order valence-electron chi connectivity index (χ4n) is 3.68. The maximum Gasteiger partial charge on any atom is 0.191 e. The Morgan fingerprint density at radius 3 is 2.61 bits per heavy atom. The first-order chi connectivity index (χ1) is 15.2. The molecule has 172 valence electrons. The van der Waals surface area contributed by atoms with Crippen molar-refractivity contribution in [1.29, 1.82) is 0 Å². The smallest absolute Gasteiger partial charge is 0.191 e. The highest BCUT2D eigenvalue weighted by molar-refractivity contribution is 5.79. The Morgan fingerprint density at radius 1 is 1.13 bits per heavy atom. The maximum atomic E-state index is 5.43. The molecule has 0 unspecified atom stereocenters. The molecule has 0 aliphatic carbocycles. The van der Waals surface area contributed by atoms with Crippen molar-refractivity contribution < 1.29 is 4.74 Å². The minimum atomic E-state index is 0.748. The molecule has 10 heteroatoms. The minimum absolute atomic E-state index is 0.748. The van der Waals surface area contributed by atoms with Crippen LogP contribution in [0.2, 0.25) is 0 Å². The normalized spacial score (nSPS) is 15.4.